The van der Waals surface area contributed by atoms with Gasteiger partial charge in [-0.2, -0.15) is 16.9 Å². The van der Waals surface area contributed by atoms with Gasteiger partial charge in [-0.25, -0.2) is 19.7 Å². The Kier molecular flexibility index (Phi) is 14.9. The highest BCUT2D eigenvalue weighted by Gasteiger charge is 2.31. The number of thiazole rings is 1. The minimum atomic E-state index is -0.670. The van der Waals surface area contributed by atoms with Crippen LogP contribution in [0.3, 0.4) is 0 Å². The Balaban J connectivity index is 1.21. The number of allylic oxidation sites excluding steroid dienone is 2. The van der Waals surface area contributed by atoms with E-state index in [0.29, 0.717) is 114 Å². The van der Waals surface area contributed by atoms with Crippen molar-refractivity contribution < 1.29 is 33.4 Å². The molecule has 6 N–H and O–H groups in total. The van der Waals surface area contributed by atoms with Gasteiger partial charge in [-0.15, -0.1) is 11.3 Å². The summed E-state index contributed by atoms with van der Waals surface area (Å²) in [5.74, 6) is -1.11. The first kappa shape index (κ1) is 47.4. The molecule has 22 heteroatoms. The predicted molar refractivity (Wildman–Crippen MR) is 253 cm³/mol. The van der Waals surface area contributed by atoms with Crippen LogP contribution in [-0.2, 0) is 35.6 Å². The molecule has 20 nitrogen and oxygen atoms in total. The number of hydrogen-bond acceptors (Lipinski definition) is 14. The number of carbonyl (C=O) groups is 5. The fourth-order valence-electron chi connectivity index (χ4n) is 8.15. The van der Waals surface area contributed by atoms with Gasteiger partial charge in [0.1, 0.15) is 21.8 Å². The Morgan fingerprint density at radius 1 is 0.924 bits per heavy atom. The van der Waals surface area contributed by atoms with Gasteiger partial charge in [0, 0.05) is 63.5 Å². The van der Waals surface area contributed by atoms with E-state index in [0.717, 1.165) is 10.7 Å². The number of methoxy groups -OCH3 is 1. The normalized spacial score (nSPS) is 15.2. The lowest BCUT2D eigenvalue weighted by Crippen LogP contribution is -2.48. The van der Waals surface area contributed by atoms with E-state index in [1.165, 1.54) is 18.4 Å². The number of benzene rings is 1. The number of anilines is 2. The average molecular weight is 942 g/mol. The number of carbonyl (C=O) groups excluding carboxylic acids is 5. The van der Waals surface area contributed by atoms with Gasteiger partial charge in [0.2, 0.25) is 23.7 Å². The number of primary amides is 2. The smallest absolute Gasteiger partial charge is 0.409 e. The van der Waals surface area contributed by atoms with Crippen LogP contribution in [0, 0.1) is 13.8 Å². The van der Waals surface area contributed by atoms with Gasteiger partial charge in [0.15, 0.2) is 0 Å². The molecule has 2 aliphatic rings. The van der Waals surface area contributed by atoms with E-state index in [1.54, 1.807) is 50.2 Å². The van der Waals surface area contributed by atoms with Crippen LogP contribution in [0.4, 0.5) is 16.7 Å². The molecule has 1 saturated heterocycles. The maximum atomic E-state index is 13.9. The molecule has 0 saturated carbocycles. The number of hydrogen-bond donors (Lipinski definition) is 4. The molecule has 5 aromatic rings. The fourth-order valence-corrected chi connectivity index (χ4v) is 9.87. The lowest BCUT2D eigenvalue weighted by Gasteiger charge is -2.33. The van der Waals surface area contributed by atoms with Gasteiger partial charge in [-0.05, 0) is 70.6 Å². The molecule has 4 aromatic heterocycles. The molecule has 0 radical (unpaired) electrons. The monoisotopic (exact) mass is 941 g/mol. The lowest BCUT2D eigenvalue weighted by atomic mass is 9.99. The molecule has 1 aliphatic heterocycles. The van der Waals surface area contributed by atoms with Crippen molar-refractivity contribution in [3.63, 3.8) is 0 Å². The zero-order valence-electron chi connectivity index (χ0n) is 37.9. The molecule has 5 amide bonds. The summed E-state index contributed by atoms with van der Waals surface area (Å²) < 4.78 is 16.6. The Morgan fingerprint density at radius 2 is 1.64 bits per heavy atom. The SMILES string of the molecule is CCc1nc(C)sc1C(=O)Nc1nc2c(n1C/C=C/Cn1c(NC(=O)c3cc(C)nn3CC)nc3cc(C(N)=O)cc(OCCCN4CCN(C(=O)OC)CC4)c31)C(SC)CC(C(N)=O)=C2. The van der Waals surface area contributed by atoms with Crippen LogP contribution in [0.2, 0.25) is 0 Å². The van der Waals surface area contributed by atoms with Crippen molar-refractivity contribution in [1.82, 2.24) is 43.7 Å². The van der Waals surface area contributed by atoms with Gasteiger partial charge in [-0.1, -0.05) is 19.1 Å². The predicted octanol–water partition coefficient (Wildman–Crippen LogP) is 4.77. The molecule has 0 bridgehead atoms. The number of amides is 5. The van der Waals surface area contributed by atoms with Crippen molar-refractivity contribution in [2.24, 2.45) is 11.5 Å². The van der Waals surface area contributed by atoms with Crippen molar-refractivity contribution >= 4 is 81.8 Å². The molecule has 5 heterocycles. The van der Waals surface area contributed by atoms with Crippen molar-refractivity contribution in [2.75, 3.05) is 63.3 Å². The number of ether oxygens (including phenoxy) is 2. The highest BCUT2D eigenvalue weighted by atomic mass is 32.2. The largest absolute Gasteiger partial charge is 0.491 e. The van der Waals surface area contributed by atoms with Crippen LogP contribution in [-0.4, -0.2) is 126 Å². The molecular weight excluding hydrogens is 887 g/mol. The second-order valence-corrected chi connectivity index (χ2v) is 18.0. The van der Waals surface area contributed by atoms with E-state index >= 15 is 0 Å². The van der Waals surface area contributed by atoms with Crippen molar-refractivity contribution in [3.8, 4) is 5.75 Å². The van der Waals surface area contributed by atoms with Gasteiger partial charge in [0.05, 0.1) is 52.3 Å². The van der Waals surface area contributed by atoms with Crippen LogP contribution in [0.5, 0.6) is 5.75 Å². The first-order chi connectivity index (χ1) is 31.7. The molecule has 1 aliphatic carbocycles. The number of nitrogens with two attached hydrogens (primary N) is 2. The molecular formula is C44H55N13O7S2. The number of piperazine rings is 1. The Bertz CT molecular complexity index is 2720. The maximum absolute atomic E-state index is 13.9. The average Bonchev–Trinajstić information content (AvgIpc) is 4.07. The number of aromatic nitrogens is 7. The van der Waals surface area contributed by atoms with Gasteiger partial charge in [0.25, 0.3) is 11.8 Å². The van der Waals surface area contributed by atoms with Crippen LogP contribution >= 0.6 is 23.1 Å². The highest BCUT2D eigenvalue weighted by Crippen LogP contribution is 2.41. The van der Waals surface area contributed by atoms with E-state index in [9.17, 15) is 24.0 Å². The molecule has 1 fully saturated rings. The van der Waals surface area contributed by atoms with Gasteiger partial charge >= 0.3 is 6.09 Å². The number of fused-ring (bicyclic) bond motifs is 2. The van der Waals surface area contributed by atoms with Crippen LogP contribution in [0.1, 0.15) is 90.2 Å². The third kappa shape index (κ3) is 10.3. The topological polar surface area (TPSA) is 253 Å². The second-order valence-electron chi connectivity index (χ2n) is 15.8. The van der Waals surface area contributed by atoms with E-state index in [4.69, 9.17) is 30.9 Å². The summed E-state index contributed by atoms with van der Waals surface area (Å²) in [4.78, 5) is 83.2. The standard InChI is InChI=1S/C44H55N13O7S2/c1-7-29-37(66-26(4)47-29)41(61)51-43-49-31-22-28(39(46)59)24-34(65-6)36(31)56(43)14-10-9-13-55-35-30(48-42(55)50-40(60)32-20-25(3)52-57(32)8-2)21-27(38(45)58)23-33(35)64-19-11-12-53-15-17-54(18-16-53)44(62)63-5/h9-10,20-23,34H,7-8,11-19,24H2,1-6H3,(H2,45,58)(H2,46,59)(H,48,50,60)(H,49,51,61)/b10-9+. The third-order valence-electron chi connectivity index (χ3n) is 11.4. The summed E-state index contributed by atoms with van der Waals surface area (Å²) >= 11 is 2.87. The van der Waals surface area contributed by atoms with Crippen molar-refractivity contribution in [1.29, 1.82) is 0 Å². The fraction of sp³-hybridized carbons (Fsp3) is 0.432. The maximum Gasteiger partial charge on any atom is 0.409 e. The van der Waals surface area contributed by atoms with Crippen LogP contribution in [0.15, 0.2) is 35.9 Å². The van der Waals surface area contributed by atoms with Crippen molar-refractivity contribution in [2.45, 2.75) is 71.8 Å². The summed E-state index contributed by atoms with van der Waals surface area (Å²) in [5, 5.41) is 11.0. The first-order valence-electron chi connectivity index (χ1n) is 21.7. The first-order valence-corrected chi connectivity index (χ1v) is 23.8. The summed E-state index contributed by atoms with van der Waals surface area (Å²) in [6.07, 6.45) is 8.73. The molecule has 1 unspecified atom stereocenters. The molecule has 350 valence electrons. The molecule has 1 aromatic carbocycles. The van der Waals surface area contributed by atoms with Crippen LogP contribution < -0.4 is 26.8 Å². The Hall–Kier alpha value is -6.52. The van der Waals surface area contributed by atoms with E-state index < -0.39 is 17.7 Å². The minimum absolute atomic E-state index is 0.181. The lowest BCUT2D eigenvalue weighted by molar-refractivity contribution is -0.114. The second kappa shape index (κ2) is 20.8. The number of nitrogens with zero attached hydrogens (tertiary/aromatic N) is 9. The zero-order valence-corrected chi connectivity index (χ0v) is 39.5. The van der Waals surface area contributed by atoms with Gasteiger partial charge < -0.3 is 35.0 Å². The quantitative estimate of drug-likeness (QED) is 0.0683. The summed E-state index contributed by atoms with van der Waals surface area (Å²) in [6.45, 7) is 11.9. The number of aryl methyl sites for hydroxylation is 4. The third-order valence-corrected chi connectivity index (χ3v) is 13.4. The summed E-state index contributed by atoms with van der Waals surface area (Å²) in [5.41, 5.74) is 16.2. The molecule has 0 spiro atoms. The van der Waals surface area contributed by atoms with E-state index in [1.807, 2.05) is 50.7 Å². The van der Waals surface area contributed by atoms with Crippen molar-refractivity contribution in [3.05, 3.63) is 79.8 Å². The van der Waals surface area contributed by atoms with E-state index in [-0.39, 0.29) is 48.5 Å². The number of imidazole rings is 2. The Morgan fingerprint density at radius 3 is 2.30 bits per heavy atom. The minimum Gasteiger partial charge on any atom is -0.491 e. The van der Waals surface area contributed by atoms with E-state index in [2.05, 4.69) is 25.6 Å². The van der Waals surface area contributed by atoms with Crippen LogP contribution in [0.25, 0.3) is 17.1 Å². The number of thioether (sulfide) groups is 1. The molecule has 7 rings (SSSR count). The summed E-state index contributed by atoms with van der Waals surface area (Å²) in [7, 11) is 1.38. The number of rotatable bonds is 18. The Labute approximate surface area is 389 Å². The highest BCUT2D eigenvalue weighted by molar-refractivity contribution is 7.98. The molecule has 66 heavy (non-hydrogen) atoms. The zero-order chi connectivity index (χ0) is 47.2. The summed E-state index contributed by atoms with van der Waals surface area (Å²) in [6, 6.07) is 4.85. The molecule has 1 atom stereocenters. The number of nitrogens with one attached hydrogen (secondary N) is 2. The van der Waals surface area contributed by atoms with Gasteiger partial charge in [-0.3, -0.25) is 39.4 Å².